The van der Waals surface area contributed by atoms with Gasteiger partial charge in [-0.3, -0.25) is 0 Å². The molecule has 1 spiro atoms. The molecular weight excluding hydrogens is 386 g/mol. The number of piperidine rings is 2. The first-order chi connectivity index (χ1) is 12.1. The van der Waals surface area contributed by atoms with E-state index in [9.17, 15) is 16.8 Å². The molecule has 3 saturated heterocycles. The van der Waals surface area contributed by atoms with Crippen molar-refractivity contribution < 1.29 is 26.3 Å². The van der Waals surface area contributed by atoms with Gasteiger partial charge in [-0.15, -0.1) is 0 Å². The Morgan fingerprint density at radius 2 is 1.31 bits per heavy atom. The first kappa shape index (κ1) is 21.9. The summed E-state index contributed by atoms with van der Waals surface area (Å²) in [7, 11) is -5.12. The molecule has 0 saturated carbocycles. The number of nitrogens with two attached hydrogens (primary N) is 2. The average Bonchev–Trinajstić information content (AvgIpc) is 3.02. The van der Waals surface area contributed by atoms with Crippen molar-refractivity contribution >= 4 is 20.4 Å². The zero-order valence-corrected chi connectivity index (χ0v) is 16.6. The van der Waals surface area contributed by atoms with Crippen LogP contribution in [0.2, 0.25) is 0 Å². The van der Waals surface area contributed by atoms with Crippen LogP contribution in [0, 0.1) is 0 Å². The Balaban J connectivity index is 0.000000190. The minimum atomic E-state index is -3.55. The van der Waals surface area contributed by atoms with Gasteiger partial charge in [0, 0.05) is 45.1 Å². The Bertz CT molecular complexity index is 647. The predicted octanol–water partition coefficient (Wildman–Crippen LogP) is -2.10. The molecule has 3 heterocycles. The molecule has 0 atom stereocenters. The molecule has 3 aliphatic rings. The lowest BCUT2D eigenvalue weighted by atomic mass is 10.1. The van der Waals surface area contributed by atoms with Gasteiger partial charge in [-0.25, -0.2) is 10.3 Å². The molecule has 13 heteroatoms. The van der Waals surface area contributed by atoms with Crippen molar-refractivity contribution in [3.05, 3.63) is 0 Å². The van der Waals surface area contributed by atoms with Gasteiger partial charge in [0.25, 0.3) is 20.4 Å². The maximum Gasteiger partial charge on any atom is 0.276 e. The van der Waals surface area contributed by atoms with Crippen molar-refractivity contribution in [3.63, 3.8) is 0 Å². The lowest BCUT2D eigenvalue weighted by Crippen LogP contribution is -2.49. The maximum absolute atomic E-state index is 11.0. The minimum absolute atomic E-state index is 0.374. The molecule has 0 aromatic rings. The van der Waals surface area contributed by atoms with Crippen LogP contribution in [-0.2, 0) is 29.9 Å². The smallest absolute Gasteiger partial charge is 0.276 e. The predicted molar refractivity (Wildman–Crippen MR) is 95.3 cm³/mol. The maximum atomic E-state index is 11.0. The summed E-state index contributed by atoms with van der Waals surface area (Å²) in [6, 6.07) is 0.433. The molecule has 3 aliphatic heterocycles. The highest BCUT2D eigenvalue weighted by molar-refractivity contribution is 7.87. The summed E-state index contributed by atoms with van der Waals surface area (Å²) in [6.07, 6.45) is 2.80. The number of hydrogen-bond acceptors (Lipinski definition) is 7. The summed E-state index contributed by atoms with van der Waals surface area (Å²) < 4.78 is 57.2. The van der Waals surface area contributed by atoms with E-state index in [-0.39, 0.29) is 0 Å². The number of ether oxygens (including phenoxy) is 2. The third-order valence-corrected chi connectivity index (χ3v) is 7.05. The molecule has 11 nitrogen and oxygen atoms in total. The van der Waals surface area contributed by atoms with Crippen molar-refractivity contribution in [3.8, 4) is 0 Å². The van der Waals surface area contributed by atoms with Gasteiger partial charge in [0.1, 0.15) is 0 Å². The molecule has 3 rings (SSSR count). The van der Waals surface area contributed by atoms with Crippen molar-refractivity contribution in [2.24, 2.45) is 10.3 Å². The molecule has 3 fully saturated rings. The van der Waals surface area contributed by atoms with Crippen molar-refractivity contribution in [2.75, 3.05) is 46.4 Å². The summed E-state index contributed by atoms with van der Waals surface area (Å²) in [4.78, 5) is 0. The monoisotopic (exact) mass is 415 g/mol. The fraction of sp³-hybridized carbons (Fsp3) is 1.00. The number of nitrogens with one attached hydrogen (secondary N) is 1. The summed E-state index contributed by atoms with van der Waals surface area (Å²) >= 11 is 0. The van der Waals surface area contributed by atoms with Gasteiger partial charge in [-0.1, -0.05) is 0 Å². The average molecular weight is 416 g/mol. The van der Waals surface area contributed by atoms with Crippen LogP contribution in [0.25, 0.3) is 0 Å². The van der Waals surface area contributed by atoms with E-state index in [0.29, 0.717) is 58.3 Å². The Kier molecular flexibility index (Phi) is 7.38. The standard InChI is InChI=1S/C7H14N2O4S.C6H15N3O2S/c8-14(10,11)9-3-1-7(2-4-9)12-5-6-13-7;1-8-6-2-4-9(5-3-6)12(7,10)11/h1-6H2,(H2,8,10,11);6,8H,2-5H2,1H3,(H2,7,10,11). The van der Waals surface area contributed by atoms with E-state index < -0.39 is 26.2 Å². The van der Waals surface area contributed by atoms with E-state index in [1.54, 1.807) is 0 Å². The summed E-state index contributed by atoms with van der Waals surface area (Å²) in [6.45, 7) is 3.00. The fourth-order valence-electron chi connectivity index (χ4n) is 3.27. The van der Waals surface area contributed by atoms with Crippen LogP contribution in [0.1, 0.15) is 25.7 Å². The first-order valence-electron chi connectivity index (χ1n) is 8.57. The van der Waals surface area contributed by atoms with Crippen LogP contribution in [0.5, 0.6) is 0 Å². The van der Waals surface area contributed by atoms with Crippen LogP contribution < -0.4 is 15.6 Å². The molecule has 0 aromatic carbocycles. The van der Waals surface area contributed by atoms with Gasteiger partial charge in [-0.05, 0) is 19.9 Å². The first-order valence-corrected chi connectivity index (χ1v) is 11.6. The molecule has 0 amide bonds. The molecule has 154 valence electrons. The Morgan fingerprint density at radius 1 is 0.885 bits per heavy atom. The molecule has 0 radical (unpaired) electrons. The summed E-state index contributed by atoms with van der Waals surface area (Å²) in [5.74, 6) is -0.540. The van der Waals surface area contributed by atoms with Gasteiger partial charge in [0.05, 0.1) is 13.2 Å². The Morgan fingerprint density at radius 3 is 1.69 bits per heavy atom. The van der Waals surface area contributed by atoms with Crippen LogP contribution in [0.4, 0.5) is 0 Å². The largest absolute Gasteiger partial charge is 0.347 e. The highest BCUT2D eigenvalue weighted by Crippen LogP contribution is 2.31. The third-order valence-electron chi connectivity index (χ3n) is 4.88. The third kappa shape index (κ3) is 6.07. The molecule has 0 aliphatic carbocycles. The lowest BCUT2D eigenvalue weighted by molar-refractivity contribution is -0.179. The topological polar surface area (TPSA) is 157 Å². The zero-order chi connectivity index (χ0) is 19.4. The van der Waals surface area contributed by atoms with Gasteiger partial charge >= 0.3 is 0 Å². The second kappa shape index (κ2) is 8.75. The molecule has 0 aromatic heterocycles. The molecule has 26 heavy (non-hydrogen) atoms. The zero-order valence-electron chi connectivity index (χ0n) is 15.0. The van der Waals surface area contributed by atoms with E-state index in [4.69, 9.17) is 19.8 Å². The fourth-order valence-corrected chi connectivity index (χ4v) is 4.68. The molecular formula is C13H29N5O6S2. The highest BCUT2D eigenvalue weighted by atomic mass is 32.2. The van der Waals surface area contributed by atoms with Gasteiger partial charge < -0.3 is 14.8 Å². The van der Waals surface area contributed by atoms with Crippen LogP contribution in [-0.4, -0.2) is 83.7 Å². The van der Waals surface area contributed by atoms with Crippen LogP contribution in [0.3, 0.4) is 0 Å². The number of rotatable bonds is 3. The Labute approximate surface area is 155 Å². The lowest BCUT2D eigenvalue weighted by Gasteiger charge is -2.35. The van der Waals surface area contributed by atoms with Gasteiger partial charge in [0.2, 0.25) is 0 Å². The molecule has 0 bridgehead atoms. The normalized spacial score (nSPS) is 25.8. The SMILES string of the molecule is CNC1CCN(S(N)(=O)=O)CC1.NS(=O)(=O)N1CCC2(CC1)OCCO2. The second-order valence-corrected chi connectivity index (χ2v) is 9.65. The van der Waals surface area contributed by atoms with Crippen LogP contribution >= 0.6 is 0 Å². The second-order valence-electron chi connectivity index (χ2n) is 6.56. The van der Waals surface area contributed by atoms with E-state index >= 15 is 0 Å². The van der Waals surface area contributed by atoms with Gasteiger partial charge in [-0.2, -0.15) is 25.4 Å². The Hall–Kier alpha value is -0.380. The summed E-state index contributed by atoms with van der Waals surface area (Å²) in [5.41, 5.74) is 0. The number of nitrogens with zero attached hydrogens (tertiary/aromatic N) is 2. The van der Waals surface area contributed by atoms with E-state index in [1.807, 2.05) is 7.05 Å². The number of hydrogen-bond donors (Lipinski definition) is 3. The summed E-state index contributed by atoms with van der Waals surface area (Å²) in [5, 5.41) is 13.1. The molecule has 5 N–H and O–H groups in total. The minimum Gasteiger partial charge on any atom is -0.347 e. The van der Waals surface area contributed by atoms with E-state index in [0.717, 1.165) is 12.8 Å². The van der Waals surface area contributed by atoms with Gasteiger partial charge in [0.15, 0.2) is 5.79 Å². The quantitative estimate of drug-likeness (QED) is 0.476. The highest BCUT2D eigenvalue weighted by Gasteiger charge is 2.41. The van der Waals surface area contributed by atoms with E-state index in [1.165, 1.54) is 8.61 Å². The van der Waals surface area contributed by atoms with Crippen molar-refractivity contribution in [1.29, 1.82) is 0 Å². The van der Waals surface area contributed by atoms with Crippen molar-refractivity contribution in [1.82, 2.24) is 13.9 Å². The van der Waals surface area contributed by atoms with Crippen molar-refractivity contribution in [2.45, 2.75) is 37.5 Å². The molecule has 0 unspecified atom stereocenters. The van der Waals surface area contributed by atoms with Crippen LogP contribution in [0.15, 0.2) is 0 Å². The van der Waals surface area contributed by atoms with E-state index in [2.05, 4.69) is 5.32 Å².